The Balaban J connectivity index is 2.11. The lowest BCUT2D eigenvalue weighted by molar-refractivity contribution is 0.0948. The number of carbonyl (C=O) groups excluding carboxylic acids is 1. The van der Waals surface area contributed by atoms with Gasteiger partial charge in [-0.1, -0.05) is 35.2 Å². The summed E-state index contributed by atoms with van der Waals surface area (Å²) in [5, 5.41) is 2.83. The van der Waals surface area contributed by atoms with Crippen LogP contribution >= 0.6 is 26.6 Å². The average Bonchev–Trinajstić information content (AvgIpc) is 2.33. The fourth-order valence-electron chi connectivity index (χ4n) is 2.31. The van der Waals surface area contributed by atoms with Crippen LogP contribution in [-0.4, -0.2) is 20.9 Å². The van der Waals surface area contributed by atoms with E-state index in [0.717, 1.165) is 6.42 Å². The van der Waals surface area contributed by atoms with Crippen molar-refractivity contribution in [1.29, 1.82) is 0 Å². The number of nitrogens with one attached hydrogen (secondary N) is 1. The zero-order chi connectivity index (χ0) is 15.6. The molecule has 0 saturated heterocycles. The Morgan fingerprint density at radius 1 is 1.43 bits per heavy atom. The number of amides is 1. The minimum atomic E-state index is -3.88. The van der Waals surface area contributed by atoms with Gasteiger partial charge in [-0.15, -0.1) is 0 Å². The SMILES string of the molecule is Cc1c(Br)cc(C(=O)NCCC2CCC2)cc1S(=O)(=O)Cl. The fraction of sp³-hybridized carbons (Fsp3) is 0.500. The van der Waals surface area contributed by atoms with Crippen LogP contribution in [0.5, 0.6) is 0 Å². The topological polar surface area (TPSA) is 63.2 Å². The van der Waals surface area contributed by atoms with Gasteiger partial charge in [-0.05, 0) is 37.0 Å². The summed E-state index contributed by atoms with van der Waals surface area (Å²) in [5.41, 5.74) is 0.788. The van der Waals surface area contributed by atoms with Crippen LogP contribution in [0.4, 0.5) is 0 Å². The average molecular weight is 395 g/mol. The van der Waals surface area contributed by atoms with Gasteiger partial charge in [0.15, 0.2) is 0 Å². The molecule has 1 aromatic rings. The van der Waals surface area contributed by atoms with Gasteiger partial charge in [-0.25, -0.2) is 8.42 Å². The molecular formula is C14H17BrClNO3S. The van der Waals surface area contributed by atoms with Gasteiger partial charge in [0.1, 0.15) is 0 Å². The number of carbonyl (C=O) groups is 1. The molecular weight excluding hydrogens is 378 g/mol. The maximum absolute atomic E-state index is 12.1. The maximum atomic E-state index is 12.1. The first-order valence-electron chi connectivity index (χ1n) is 6.82. The Morgan fingerprint density at radius 2 is 2.10 bits per heavy atom. The number of hydrogen-bond acceptors (Lipinski definition) is 3. The molecule has 21 heavy (non-hydrogen) atoms. The number of benzene rings is 1. The lowest BCUT2D eigenvalue weighted by Crippen LogP contribution is -2.27. The second kappa shape index (κ2) is 6.67. The Hall–Kier alpha value is -0.590. The number of hydrogen-bond donors (Lipinski definition) is 1. The molecule has 0 atom stereocenters. The van der Waals surface area contributed by atoms with Crippen LogP contribution in [0.2, 0.25) is 0 Å². The third-order valence-corrected chi connectivity index (χ3v) is 6.16. The lowest BCUT2D eigenvalue weighted by atomic mass is 9.83. The minimum Gasteiger partial charge on any atom is -0.352 e. The molecule has 116 valence electrons. The highest BCUT2D eigenvalue weighted by molar-refractivity contribution is 9.10. The molecule has 0 aliphatic heterocycles. The summed E-state index contributed by atoms with van der Waals surface area (Å²) in [6.45, 7) is 2.25. The Labute approximate surface area is 137 Å². The van der Waals surface area contributed by atoms with E-state index in [0.29, 0.717) is 28.1 Å². The van der Waals surface area contributed by atoms with E-state index < -0.39 is 9.05 Å². The summed E-state index contributed by atoms with van der Waals surface area (Å²) in [6, 6.07) is 2.93. The molecule has 0 spiro atoms. The summed E-state index contributed by atoms with van der Waals surface area (Å²) in [6.07, 6.45) is 4.72. The van der Waals surface area contributed by atoms with E-state index in [1.165, 1.54) is 25.3 Å². The highest BCUT2D eigenvalue weighted by Gasteiger charge is 2.20. The molecule has 1 saturated carbocycles. The molecule has 2 rings (SSSR count). The van der Waals surface area contributed by atoms with Crippen LogP contribution in [-0.2, 0) is 9.05 Å². The largest absolute Gasteiger partial charge is 0.352 e. The molecule has 1 amide bonds. The van der Waals surface area contributed by atoms with Crippen LogP contribution in [0.15, 0.2) is 21.5 Å². The highest BCUT2D eigenvalue weighted by Crippen LogP contribution is 2.29. The zero-order valence-corrected chi connectivity index (χ0v) is 14.8. The number of rotatable bonds is 5. The van der Waals surface area contributed by atoms with Gasteiger partial charge in [0.05, 0.1) is 4.90 Å². The van der Waals surface area contributed by atoms with Crippen LogP contribution in [0.3, 0.4) is 0 Å². The first kappa shape index (κ1) is 16.8. The van der Waals surface area contributed by atoms with Gasteiger partial charge in [0, 0.05) is 27.3 Å². The van der Waals surface area contributed by atoms with E-state index in [9.17, 15) is 13.2 Å². The summed E-state index contributed by atoms with van der Waals surface area (Å²) >= 11 is 3.27. The molecule has 0 radical (unpaired) electrons. The Morgan fingerprint density at radius 3 is 2.62 bits per heavy atom. The van der Waals surface area contributed by atoms with Crippen molar-refractivity contribution in [3.63, 3.8) is 0 Å². The van der Waals surface area contributed by atoms with E-state index in [4.69, 9.17) is 10.7 Å². The maximum Gasteiger partial charge on any atom is 0.261 e. The quantitative estimate of drug-likeness (QED) is 0.776. The van der Waals surface area contributed by atoms with Gasteiger partial charge in [0.2, 0.25) is 0 Å². The molecule has 0 heterocycles. The van der Waals surface area contributed by atoms with Crippen LogP contribution < -0.4 is 5.32 Å². The van der Waals surface area contributed by atoms with Crippen molar-refractivity contribution >= 4 is 41.6 Å². The summed E-state index contributed by atoms with van der Waals surface area (Å²) in [7, 11) is 1.53. The summed E-state index contributed by atoms with van der Waals surface area (Å²) < 4.78 is 23.6. The van der Waals surface area contributed by atoms with Crippen molar-refractivity contribution in [3.8, 4) is 0 Å². The molecule has 1 aliphatic carbocycles. The van der Waals surface area contributed by atoms with Crippen molar-refractivity contribution in [1.82, 2.24) is 5.32 Å². The third-order valence-electron chi connectivity index (χ3n) is 3.88. The van der Waals surface area contributed by atoms with Crippen molar-refractivity contribution in [2.24, 2.45) is 5.92 Å². The minimum absolute atomic E-state index is 0.0392. The van der Waals surface area contributed by atoms with Crippen LogP contribution in [0, 0.1) is 12.8 Å². The standard InChI is InChI=1S/C14H17BrClNO3S/c1-9-12(15)7-11(8-13(9)21(16,19)20)14(18)17-6-5-10-3-2-4-10/h7-8,10H,2-6H2,1H3,(H,17,18). The van der Waals surface area contributed by atoms with Crippen molar-refractivity contribution in [2.75, 3.05) is 6.54 Å². The highest BCUT2D eigenvalue weighted by atomic mass is 79.9. The van der Waals surface area contributed by atoms with Crippen molar-refractivity contribution in [2.45, 2.75) is 37.5 Å². The zero-order valence-electron chi connectivity index (χ0n) is 11.7. The van der Waals surface area contributed by atoms with Crippen molar-refractivity contribution in [3.05, 3.63) is 27.7 Å². The first-order chi connectivity index (χ1) is 9.79. The van der Waals surface area contributed by atoms with Crippen molar-refractivity contribution < 1.29 is 13.2 Å². The van der Waals surface area contributed by atoms with Crippen LogP contribution in [0.25, 0.3) is 0 Å². The molecule has 0 bridgehead atoms. The predicted octanol–water partition coefficient (Wildman–Crippen LogP) is 3.61. The Kier molecular flexibility index (Phi) is 5.33. The van der Waals surface area contributed by atoms with E-state index in [1.54, 1.807) is 13.0 Å². The molecule has 7 heteroatoms. The summed E-state index contributed by atoms with van der Waals surface area (Å²) in [5.74, 6) is 0.436. The second-order valence-electron chi connectivity index (χ2n) is 5.36. The number of halogens is 2. The summed E-state index contributed by atoms with van der Waals surface area (Å²) in [4.78, 5) is 12.1. The van der Waals surface area contributed by atoms with Gasteiger partial charge in [-0.3, -0.25) is 4.79 Å². The fourth-order valence-corrected chi connectivity index (χ4v) is 4.13. The molecule has 1 N–H and O–H groups in total. The van der Waals surface area contributed by atoms with Crippen LogP contribution in [0.1, 0.15) is 41.6 Å². The lowest BCUT2D eigenvalue weighted by Gasteiger charge is -2.25. The molecule has 1 aliphatic rings. The molecule has 1 fully saturated rings. The van der Waals surface area contributed by atoms with Gasteiger partial charge in [-0.2, -0.15) is 0 Å². The van der Waals surface area contributed by atoms with Gasteiger partial charge >= 0.3 is 0 Å². The van der Waals surface area contributed by atoms with E-state index in [2.05, 4.69) is 21.2 Å². The van der Waals surface area contributed by atoms with E-state index in [-0.39, 0.29) is 10.8 Å². The Bertz CT molecular complexity index is 656. The first-order valence-corrected chi connectivity index (χ1v) is 9.92. The van der Waals surface area contributed by atoms with Gasteiger partial charge in [0.25, 0.3) is 15.0 Å². The van der Waals surface area contributed by atoms with E-state index >= 15 is 0 Å². The smallest absolute Gasteiger partial charge is 0.261 e. The molecule has 4 nitrogen and oxygen atoms in total. The van der Waals surface area contributed by atoms with E-state index in [1.807, 2.05) is 0 Å². The van der Waals surface area contributed by atoms with Gasteiger partial charge < -0.3 is 5.32 Å². The molecule has 0 unspecified atom stereocenters. The monoisotopic (exact) mass is 393 g/mol. The third kappa shape index (κ3) is 4.20. The second-order valence-corrected chi connectivity index (χ2v) is 8.75. The predicted molar refractivity (Wildman–Crippen MR) is 86.2 cm³/mol. The molecule has 0 aromatic heterocycles. The normalized spacial score (nSPS) is 15.6. The molecule has 1 aromatic carbocycles.